The number of halogens is 3. The fourth-order valence-electron chi connectivity index (χ4n) is 2.16. The standard InChI is InChI=1S/C16H8F3N3O2/c17-10-1-2-13(16(23)24)22-15(10)14-11(18)5-9(6-12(14)19)8-3-4-20-21-7-8/h1-7H,(H,23,24). The topological polar surface area (TPSA) is 76.0 Å². The molecule has 1 N–H and O–H groups in total. The fourth-order valence-corrected chi connectivity index (χ4v) is 2.16. The van der Waals surface area contributed by atoms with Crippen LogP contribution in [-0.4, -0.2) is 26.3 Å². The summed E-state index contributed by atoms with van der Waals surface area (Å²) in [7, 11) is 0. The number of aromatic carboxylic acids is 1. The van der Waals surface area contributed by atoms with Crippen LogP contribution in [0.15, 0.2) is 42.7 Å². The van der Waals surface area contributed by atoms with E-state index in [1.807, 2.05) is 0 Å². The van der Waals surface area contributed by atoms with Gasteiger partial charge in [0.25, 0.3) is 0 Å². The van der Waals surface area contributed by atoms with Crippen molar-refractivity contribution in [1.29, 1.82) is 0 Å². The van der Waals surface area contributed by atoms with E-state index in [2.05, 4.69) is 15.2 Å². The molecule has 3 rings (SSSR count). The summed E-state index contributed by atoms with van der Waals surface area (Å²) in [4.78, 5) is 14.4. The van der Waals surface area contributed by atoms with Crippen LogP contribution in [0.3, 0.4) is 0 Å². The molecule has 0 amide bonds. The zero-order valence-electron chi connectivity index (χ0n) is 11.9. The average Bonchev–Trinajstić information content (AvgIpc) is 2.56. The van der Waals surface area contributed by atoms with Gasteiger partial charge in [0.05, 0.1) is 18.0 Å². The Hall–Kier alpha value is -3.29. The molecule has 0 unspecified atom stereocenters. The highest BCUT2D eigenvalue weighted by Crippen LogP contribution is 2.31. The van der Waals surface area contributed by atoms with Gasteiger partial charge in [-0.3, -0.25) is 0 Å². The number of aromatic nitrogens is 3. The van der Waals surface area contributed by atoms with Gasteiger partial charge in [-0.15, -0.1) is 0 Å². The van der Waals surface area contributed by atoms with Crippen molar-refractivity contribution in [3.05, 3.63) is 65.9 Å². The van der Waals surface area contributed by atoms with Crippen molar-refractivity contribution >= 4 is 5.97 Å². The number of carbonyl (C=O) groups is 1. The highest BCUT2D eigenvalue weighted by atomic mass is 19.1. The van der Waals surface area contributed by atoms with Gasteiger partial charge in [-0.1, -0.05) is 0 Å². The van der Waals surface area contributed by atoms with Gasteiger partial charge >= 0.3 is 5.97 Å². The minimum absolute atomic E-state index is 0.179. The number of hydrogen-bond donors (Lipinski definition) is 1. The first-order valence-corrected chi connectivity index (χ1v) is 6.63. The van der Waals surface area contributed by atoms with Crippen molar-refractivity contribution in [3.63, 3.8) is 0 Å². The summed E-state index contributed by atoms with van der Waals surface area (Å²) in [6.45, 7) is 0. The number of pyridine rings is 1. The Kier molecular flexibility index (Phi) is 3.95. The lowest BCUT2D eigenvalue weighted by molar-refractivity contribution is 0.0690. The van der Waals surface area contributed by atoms with Crippen LogP contribution < -0.4 is 0 Å². The van der Waals surface area contributed by atoms with E-state index in [9.17, 15) is 18.0 Å². The molecule has 1 aromatic carbocycles. The minimum atomic E-state index is -1.43. The molecule has 3 aromatic rings. The van der Waals surface area contributed by atoms with Gasteiger partial charge in [-0.2, -0.15) is 10.2 Å². The maximum atomic E-state index is 14.4. The molecular formula is C16H8F3N3O2. The Balaban J connectivity index is 2.17. The van der Waals surface area contributed by atoms with Crippen LogP contribution in [-0.2, 0) is 0 Å². The summed E-state index contributed by atoms with van der Waals surface area (Å²) >= 11 is 0. The van der Waals surface area contributed by atoms with Gasteiger partial charge in [0.2, 0.25) is 0 Å². The van der Waals surface area contributed by atoms with Gasteiger partial charge in [0.15, 0.2) is 0 Å². The molecule has 0 atom stereocenters. The lowest BCUT2D eigenvalue weighted by Gasteiger charge is -2.09. The summed E-state index contributed by atoms with van der Waals surface area (Å²) in [5.41, 5.74) is -1.36. The summed E-state index contributed by atoms with van der Waals surface area (Å²) in [5, 5.41) is 16.1. The van der Waals surface area contributed by atoms with E-state index < -0.39 is 40.4 Å². The van der Waals surface area contributed by atoms with Crippen molar-refractivity contribution < 1.29 is 23.1 Å². The molecule has 2 heterocycles. The predicted molar refractivity (Wildman–Crippen MR) is 77.5 cm³/mol. The molecule has 0 saturated carbocycles. The third kappa shape index (κ3) is 2.81. The van der Waals surface area contributed by atoms with Crippen molar-refractivity contribution in [2.45, 2.75) is 0 Å². The molecule has 0 aliphatic heterocycles. The van der Waals surface area contributed by atoms with E-state index in [1.54, 1.807) is 0 Å². The number of hydrogen-bond acceptors (Lipinski definition) is 4. The van der Waals surface area contributed by atoms with E-state index in [0.29, 0.717) is 5.56 Å². The maximum Gasteiger partial charge on any atom is 0.354 e. The van der Waals surface area contributed by atoms with Gasteiger partial charge in [-0.05, 0) is 35.9 Å². The molecule has 0 bridgehead atoms. The van der Waals surface area contributed by atoms with E-state index in [1.165, 1.54) is 18.5 Å². The molecule has 0 spiro atoms. The second-order valence-electron chi connectivity index (χ2n) is 4.78. The quantitative estimate of drug-likeness (QED) is 0.797. The number of rotatable bonds is 3. The molecule has 0 saturated heterocycles. The monoisotopic (exact) mass is 331 g/mol. The molecule has 120 valence electrons. The third-order valence-corrected chi connectivity index (χ3v) is 3.26. The van der Waals surface area contributed by atoms with Gasteiger partial charge in [0, 0.05) is 5.56 Å². The van der Waals surface area contributed by atoms with Crippen molar-refractivity contribution in [2.75, 3.05) is 0 Å². The molecule has 0 radical (unpaired) electrons. The van der Waals surface area contributed by atoms with Crippen LogP contribution in [0.25, 0.3) is 22.4 Å². The normalized spacial score (nSPS) is 10.6. The van der Waals surface area contributed by atoms with Gasteiger partial charge < -0.3 is 5.11 Å². The summed E-state index contributed by atoms with van der Waals surface area (Å²) in [5.74, 6) is -4.61. The van der Waals surface area contributed by atoms with Crippen molar-refractivity contribution in [3.8, 4) is 22.4 Å². The number of benzene rings is 1. The molecule has 2 aromatic heterocycles. The van der Waals surface area contributed by atoms with E-state index >= 15 is 0 Å². The predicted octanol–water partition coefficient (Wildman–Crippen LogP) is 3.32. The first-order chi connectivity index (χ1) is 11.5. The van der Waals surface area contributed by atoms with Crippen LogP contribution in [0.5, 0.6) is 0 Å². The van der Waals surface area contributed by atoms with Gasteiger partial charge in [0.1, 0.15) is 28.8 Å². The highest BCUT2D eigenvalue weighted by molar-refractivity contribution is 5.86. The minimum Gasteiger partial charge on any atom is -0.477 e. The Morgan fingerprint density at radius 3 is 2.21 bits per heavy atom. The maximum absolute atomic E-state index is 14.4. The summed E-state index contributed by atoms with van der Waals surface area (Å²) in [6, 6.07) is 5.19. The molecule has 24 heavy (non-hydrogen) atoms. The molecule has 0 aliphatic rings. The molecular weight excluding hydrogens is 323 g/mol. The first kappa shape index (κ1) is 15.6. The Labute approximate surface area is 133 Å². The van der Waals surface area contributed by atoms with Crippen LogP contribution in [0, 0.1) is 17.5 Å². The van der Waals surface area contributed by atoms with E-state index in [0.717, 1.165) is 24.3 Å². The number of carboxylic acid groups (broad SMARTS) is 1. The van der Waals surface area contributed by atoms with Crippen molar-refractivity contribution in [1.82, 2.24) is 15.2 Å². The Bertz CT molecular complexity index is 910. The number of carboxylic acids is 1. The Morgan fingerprint density at radius 2 is 1.62 bits per heavy atom. The fraction of sp³-hybridized carbons (Fsp3) is 0. The molecule has 8 heteroatoms. The van der Waals surface area contributed by atoms with E-state index in [-0.39, 0.29) is 5.56 Å². The smallest absolute Gasteiger partial charge is 0.354 e. The van der Waals surface area contributed by atoms with Crippen LogP contribution in [0.2, 0.25) is 0 Å². The molecule has 0 fully saturated rings. The average molecular weight is 331 g/mol. The molecule has 0 aliphatic carbocycles. The lowest BCUT2D eigenvalue weighted by Crippen LogP contribution is -2.04. The van der Waals surface area contributed by atoms with Crippen molar-refractivity contribution in [2.24, 2.45) is 0 Å². The van der Waals surface area contributed by atoms with E-state index in [4.69, 9.17) is 5.11 Å². The lowest BCUT2D eigenvalue weighted by atomic mass is 10.0. The van der Waals surface area contributed by atoms with Crippen LogP contribution >= 0.6 is 0 Å². The van der Waals surface area contributed by atoms with Crippen LogP contribution in [0.1, 0.15) is 10.5 Å². The number of nitrogens with zero attached hydrogens (tertiary/aromatic N) is 3. The SMILES string of the molecule is O=C(O)c1ccc(F)c(-c2c(F)cc(-c3ccnnc3)cc2F)n1. The second kappa shape index (κ2) is 6.07. The zero-order chi connectivity index (χ0) is 17.3. The van der Waals surface area contributed by atoms with Crippen LogP contribution in [0.4, 0.5) is 13.2 Å². The first-order valence-electron chi connectivity index (χ1n) is 6.63. The van der Waals surface area contributed by atoms with Gasteiger partial charge in [-0.25, -0.2) is 22.9 Å². The second-order valence-corrected chi connectivity index (χ2v) is 4.78. The zero-order valence-corrected chi connectivity index (χ0v) is 11.9. The summed E-state index contributed by atoms with van der Waals surface area (Å²) in [6.07, 6.45) is 2.67. The largest absolute Gasteiger partial charge is 0.477 e. The summed E-state index contributed by atoms with van der Waals surface area (Å²) < 4.78 is 42.6. The third-order valence-electron chi connectivity index (χ3n) is 3.26. The highest BCUT2D eigenvalue weighted by Gasteiger charge is 2.20. The molecule has 5 nitrogen and oxygen atoms in total. The Morgan fingerprint density at radius 1 is 0.917 bits per heavy atom.